The second-order valence-electron chi connectivity index (χ2n) is 4.84. The summed E-state index contributed by atoms with van der Waals surface area (Å²) in [4.78, 5) is 23.9. The molecule has 2 amide bonds. The van der Waals surface area contributed by atoms with E-state index in [0.29, 0.717) is 11.1 Å². The zero-order valence-electron chi connectivity index (χ0n) is 12.7. The van der Waals surface area contributed by atoms with Crippen LogP contribution in [0.5, 0.6) is 0 Å². The highest BCUT2D eigenvalue weighted by Gasteiger charge is 2.07. The SMILES string of the molecule is C=Cc1ccc(C(=O)NCNC(=O)c2ccc(C=C)cc2)cc1. The fraction of sp³-hybridized carbons (Fsp3) is 0.0526. The predicted octanol–water partition coefficient (Wildman–Crippen LogP) is 3.09. The lowest BCUT2D eigenvalue weighted by atomic mass is 10.1. The molecule has 0 saturated carbocycles. The lowest BCUT2D eigenvalue weighted by molar-refractivity contribution is 0.0920. The highest BCUT2D eigenvalue weighted by Crippen LogP contribution is 2.06. The fourth-order valence-electron chi connectivity index (χ4n) is 1.95. The maximum Gasteiger partial charge on any atom is 0.252 e. The summed E-state index contributed by atoms with van der Waals surface area (Å²) in [7, 11) is 0. The molecule has 2 N–H and O–H groups in total. The Kier molecular flexibility index (Phi) is 5.47. The molecule has 0 aliphatic carbocycles. The normalized spacial score (nSPS) is 9.74. The summed E-state index contributed by atoms with van der Waals surface area (Å²) < 4.78 is 0. The Balaban J connectivity index is 1.85. The summed E-state index contributed by atoms with van der Waals surface area (Å²) in [6.45, 7) is 7.38. The van der Waals surface area contributed by atoms with Gasteiger partial charge < -0.3 is 10.6 Å². The van der Waals surface area contributed by atoms with Crippen LogP contribution >= 0.6 is 0 Å². The third kappa shape index (κ3) is 4.41. The number of nitrogens with one attached hydrogen (secondary N) is 2. The zero-order chi connectivity index (χ0) is 16.7. The largest absolute Gasteiger partial charge is 0.335 e. The summed E-state index contributed by atoms with van der Waals surface area (Å²) in [6, 6.07) is 14.1. The molecule has 0 unspecified atom stereocenters. The summed E-state index contributed by atoms with van der Waals surface area (Å²) in [5, 5.41) is 5.29. The van der Waals surface area contributed by atoms with E-state index in [-0.39, 0.29) is 18.5 Å². The fourth-order valence-corrected chi connectivity index (χ4v) is 1.95. The van der Waals surface area contributed by atoms with Gasteiger partial charge in [-0.3, -0.25) is 9.59 Å². The van der Waals surface area contributed by atoms with Crippen molar-refractivity contribution in [2.24, 2.45) is 0 Å². The standard InChI is InChI=1S/C19H18N2O2/c1-3-14-5-9-16(10-6-14)18(22)20-13-21-19(23)17-11-7-15(4-2)8-12-17/h3-12H,1-2,13H2,(H,20,22)(H,21,23). The molecule has 2 rings (SSSR count). The van der Waals surface area contributed by atoms with Crippen molar-refractivity contribution in [1.29, 1.82) is 0 Å². The van der Waals surface area contributed by atoms with Gasteiger partial charge in [0.1, 0.15) is 0 Å². The van der Waals surface area contributed by atoms with E-state index in [1.54, 1.807) is 36.4 Å². The van der Waals surface area contributed by atoms with Crippen LogP contribution < -0.4 is 10.6 Å². The van der Waals surface area contributed by atoms with Gasteiger partial charge in [-0.25, -0.2) is 0 Å². The molecule has 4 nitrogen and oxygen atoms in total. The maximum absolute atomic E-state index is 11.9. The molecule has 116 valence electrons. The number of rotatable bonds is 6. The number of carbonyl (C=O) groups is 2. The minimum Gasteiger partial charge on any atom is -0.335 e. The van der Waals surface area contributed by atoms with Gasteiger partial charge in [-0.2, -0.15) is 0 Å². The smallest absolute Gasteiger partial charge is 0.252 e. The molecule has 0 spiro atoms. The van der Waals surface area contributed by atoms with Gasteiger partial charge in [0.05, 0.1) is 6.67 Å². The average molecular weight is 306 g/mol. The van der Waals surface area contributed by atoms with Gasteiger partial charge in [0.2, 0.25) is 0 Å². The molecule has 2 aromatic rings. The van der Waals surface area contributed by atoms with Crippen molar-refractivity contribution in [3.63, 3.8) is 0 Å². The number of carbonyl (C=O) groups excluding carboxylic acids is 2. The first-order chi connectivity index (χ1) is 11.1. The molecular weight excluding hydrogens is 288 g/mol. The Bertz CT molecular complexity index is 653. The van der Waals surface area contributed by atoms with E-state index in [2.05, 4.69) is 23.8 Å². The predicted molar refractivity (Wildman–Crippen MR) is 92.9 cm³/mol. The Morgan fingerprint density at radius 1 is 0.739 bits per heavy atom. The number of hydrogen-bond donors (Lipinski definition) is 2. The Morgan fingerprint density at radius 3 is 1.39 bits per heavy atom. The first-order valence-corrected chi connectivity index (χ1v) is 7.15. The summed E-state index contributed by atoms with van der Waals surface area (Å²) in [6.07, 6.45) is 3.42. The molecule has 0 aliphatic rings. The van der Waals surface area contributed by atoms with Crippen LogP contribution in [0.1, 0.15) is 31.8 Å². The average Bonchev–Trinajstić information content (AvgIpc) is 2.61. The van der Waals surface area contributed by atoms with Crippen molar-refractivity contribution in [2.45, 2.75) is 0 Å². The first-order valence-electron chi connectivity index (χ1n) is 7.15. The Morgan fingerprint density at radius 2 is 1.09 bits per heavy atom. The molecule has 2 aromatic carbocycles. The summed E-state index contributed by atoms with van der Waals surface area (Å²) in [5.74, 6) is -0.495. The quantitative estimate of drug-likeness (QED) is 0.806. The van der Waals surface area contributed by atoms with Gasteiger partial charge in [-0.15, -0.1) is 0 Å². The lowest BCUT2D eigenvalue weighted by Crippen LogP contribution is -2.37. The van der Waals surface area contributed by atoms with Crippen LogP contribution in [0.4, 0.5) is 0 Å². The lowest BCUT2D eigenvalue weighted by Gasteiger charge is -2.08. The molecule has 0 heterocycles. The van der Waals surface area contributed by atoms with Gasteiger partial charge >= 0.3 is 0 Å². The minimum absolute atomic E-state index is 0.0596. The second kappa shape index (κ2) is 7.75. The molecule has 0 atom stereocenters. The van der Waals surface area contributed by atoms with E-state index in [9.17, 15) is 9.59 Å². The van der Waals surface area contributed by atoms with E-state index >= 15 is 0 Å². The highest BCUT2D eigenvalue weighted by molar-refractivity contribution is 5.96. The molecule has 0 aromatic heterocycles. The molecule has 0 bridgehead atoms. The van der Waals surface area contributed by atoms with Crippen molar-refractivity contribution in [3.05, 3.63) is 83.9 Å². The van der Waals surface area contributed by atoms with Gasteiger partial charge in [0.15, 0.2) is 0 Å². The van der Waals surface area contributed by atoms with Gasteiger partial charge in [-0.05, 0) is 35.4 Å². The van der Waals surface area contributed by atoms with E-state index < -0.39 is 0 Å². The van der Waals surface area contributed by atoms with Crippen molar-refractivity contribution in [2.75, 3.05) is 6.67 Å². The zero-order valence-corrected chi connectivity index (χ0v) is 12.7. The van der Waals surface area contributed by atoms with Crippen LogP contribution in [-0.2, 0) is 0 Å². The first kappa shape index (κ1) is 16.2. The Hall–Kier alpha value is -3.14. The molecule has 0 saturated heterocycles. The van der Waals surface area contributed by atoms with E-state index in [0.717, 1.165) is 11.1 Å². The van der Waals surface area contributed by atoms with Crippen LogP contribution in [0.15, 0.2) is 61.7 Å². The summed E-state index contributed by atoms with van der Waals surface area (Å²) in [5.41, 5.74) is 2.94. The van der Waals surface area contributed by atoms with Crippen molar-refractivity contribution in [1.82, 2.24) is 10.6 Å². The van der Waals surface area contributed by atoms with Crippen LogP contribution in [0.25, 0.3) is 12.2 Å². The molecule has 0 fully saturated rings. The van der Waals surface area contributed by atoms with Crippen LogP contribution in [0, 0.1) is 0 Å². The third-order valence-electron chi connectivity index (χ3n) is 3.32. The van der Waals surface area contributed by atoms with Crippen LogP contribution in [-0.4, -0.2) is 18.5 Å². The van der Waals surface area contributed by atoms with E-state index in [1.807, 2.05) is 24.3 Å². The summed E-state index contributed by atoms with van der Waals surface area (Å²) >= 11 is 0. The molecule has 0 aliphatic heterocycles. The van der Waals surface area contributed by atoms with Gasteiger partial charge in [-0.1, -0.05) is 49.6 Å². The number of amides is 2. The van der Waals surface area contributed by atoms with Crippen LogP contribution in [0.3, 0.4) is 0 Å². The molecule has 4 heteroatoms. The molecule has 23 heavy (non-hydrogen) atoms. The second-order valence-corrected chi connectivity index (χ2v) is 4.84. The van der Waals surface area contributed by atoms with Crippen molar-refractivity contribution < 1.29 is 9.59 Å². The third-order valence-corrected chi connectivity index (χ3v) is 3.32. The van der Waals surface area contributed by atoms with Gasteiger partial charge in [0, 0.05) is 11.1 Å². The molecular formula is C19H18N2O2. The van der Waals surface area contributed by atoms with E-state index in [4.69, 9.17) is 0 Å². The highest BCUT2D eigenvalue weighted by atomic mass is 16.2. The van der Waals surface area contributed by atoms with Gasteiger partial charge in [0.25, 0.3) is 11.8 Å². The van der Waals surface area contributed by atoms with E-state index in [1.165, 1.54) is 0 Å². The topological polar surface area (TPSA) is 58.2 Å². The van der Waals surface area contributed by atoms with Crippen LogP contribution in [0.2, 0.25) is 0 Å². The monoisotopic (exact) mass is 306 g/mol. The van der Waals surface area contributed by atoms with Crippen molar-refractivity contribution >= 4 is 24.0 Å². The van der Waals surface area contributed by atoms with Crippen molar-refractivity contribution in [3.8, 4) is 0 Å². The number of hydrogen-bond acceptors (Lipinski definition) is 2. The Labute approximate surface area is 135 Å². The minimum atomic E-state index is -0.247. The maximum atomic E-state index is 11.9. The number of benzene rings is 2. The molecule has 0 radical (unpaired) electrons.